The molecule has 3 heterocycles. The first-order chi connectivity index (χ1) is 13.2. The van der Waals surface area contributed by atoms with Gasteiger partial charge < -0.3 is 9.88 Å². The Morgan fingerprint density at radius 3 is 2.68 bits per heavy atom. The van der Waals surface area contributed by atoms with Crippen LogP contribution in [0.5, 0.6) is 0 Å². The molecule has 6 nitrogen and oxygen atoms in total. The zero-order valence-corrected chi connectivity index (χ0v) is 14.7. The normalized spacial score (nSPS) is 16.2. The van der Waals surface area contributed by atoms with E-state index in [1.807, 2.05) is 0 Å². The second kappa shape index (κ2) is 6.47. The van der Waals surface area contributed by atoms with Gasteiger partial charge in [-0.15, -0.1) is 0 Å². The van der Waals surface area contributed by atoms with E-state index >= 15 is 0 Å². The third-order valence-electron chi connectivity index (χ3n) is 4.41. The van der Waals surface area contributed by atoms with E-state index < -0.39 is 23.8 Å². The van der Waals surface area contributed by atoms with Crippen LogP contribution in [0.4, 0.5) is 23.2 Å². The van der Waals surface area contributed by atoms with Crippen LogP contribution in [-0.2, 0) is 19.1 Å². The van der Waals surface area contributed by atoms with Crippen LogP contribution in [0.3, 0.4) is 0 Å². The maximum absolute atomic E-state index is 13.3. The van der Waals surface area contributed by atoms with Gasteiger partial charge in [-0.1, -0.05) is 0 Å². The molecule has 1 unspecified atom stereocenters. The smallest absolute Gasteiger partial charge is 0.321 e. The summed E-state index contributed by atoms with van der Waals surface area (Å²) in [7, 11) is 0. The van der Waals surface area contributed by atoms with Crippen molar-refractivity contribution in [2.24, 2.45) is 0 Å². The Kier molecular flexibility index (Phi) is 4.20. The fourth-order valence-corrected chi connectivity index (χ4v) is 3.12. The van der Waals surface area contributed by atoms with Gasteiger partial charge in [-0.25, -0.2) is 9.37 Å². The van der Waals surface area contributed by atoms with E-state index in [4.69, 9.17) is 0 Å². The predicted molar refractivity (Wildman–Crippen MR) is 92.1 cm³/mol. The molecule has 1 aliphatic heterocycles. The van der Waals surface area contributed by atoms with Crippen LogP contribution in [0.1, 0.15) is 27.4 Å². The van der Waals surface area contributed by atoms with Crippen LogP contribution < -0.4 is 5.32 Å². The van der Waals surface area contributed by atoms with Gasteiger partial charge in [0.25, 0.3) is 5.91 Å². The number of imidazole rings is 1. The van der Waals surface area contributed by atoms with Crippen LogP contribution in [0, 0.1) is 6.92 Å². The highest BCUT2D eigenvalue weighted by Crippen LogP contribution is 2.33. The van der Waals surface area contributed by atoms with Crippen LogP contribution >= 0.6 is 0 Å². The zero-order chi connectivity index (χ0) is 20.1. The lowest BCUT2D eigenvalue weighted by Crippen LogP contribution is -2.15. The average Bonchev–Trinajstić information content (AvgIpc) is 3.28. The fraction of sp³-hybridized carbons (Fsp3) is 0.278. The number of alkyl halides is 4. The van der Waals surface area contributed by atoms with E-state index in [1.54, 1.807) is 13.1 Å². The lowest BCUT2D eigenvalue weighted by Gasteiger charge is -2.13. The van der Waals surface area contributed by atoms with Gasteiger partial charge >= 0.3 is 6.18 Å². The molecule has 0 spiro atoms. The minimum absolute atomic E-state index is 0.0272. The molecule has 1 amide bonds. The van der Waals surface area contributed by atoms with Crippen molar-refractivity contribution < 1.29 is 22.4 Å². The third-order valence-corrected chi connectivity index (χ3v) is 4.41. The molecule has 0 fully saturated rings. The van der Waals surface area contributed by atoms with Crippen LogP contribution in [0.2, 0.25) is 0 Å². The Hall–Kier alpha value is -3.17. The maximum atomic E-state index is 13.3. The molecule has 4 rings (SSSR count). The second-order valence-electron chi connectivity index (χ2n) is 6.65. The number of halogens is 4. The van der Waals surface area contributed by atoms with Crippen molar-refractivity contribution in [3.05, 3.63) is 59.4 Å². The van der Waals surface area contributed by atoms with Crippen LogP contribution in [-0.4, -0.2) is 31.4 Å². The van der Waals surface area contributed by atoms with E-state index in [0.717, 1.165) is 12.1 Å². The summed E-state index contributed by atoms with van der Waals surface area (Å²) in [4.78, 5) is 16.4. The number of amides is 1. The van der Waals surface area contributed by atoms with Crippen molar-refractivity contribution in [1.29, 1.82) is 0 Å². The van der Waals surface area contributed by atoms with E-state index in [0.29, 0.717) is 11.4 Å². The van der Waals surface area contributed by atoms with Gasteiger partial charge in [-0.05, 0) is 31.2 Å². The van der Waals surface area contributed by atoms with Crippen LogP contribution in [0.25, 0.3) is 5.69 Å². The van der Waals surface area contributed by atoms with Crippen molar-refractivity contribution in [3.8, 4) is 5.69 Å². The Labute approximate surface area is 156 Å². The molecule has 2 aromatic heterocycles. The van der Waals surface area contributed by atoms with E-state index in [2.05, 4.69) is 15.4 Å². The first-order valence-corrected chi connectivity index (χ1v) is 8.44. The first-order valence-electron chi connectivity index (χ1n) is 8.44. The molecule has 10 heteroatoms. The van der Waals surface area contributed by atoms with Crippen molar-refractivity contribution in [2.75, 3.05) is 5.32 Å². The highest BCUT2D eigenvalue weighted by Gasteiger charge is 2.32. The monoisotopic (exact) mass is 393 g/mol. The maximum Gasteiger partial charge on any atom is 0.416 e. The van der Waals surface area contributed by atoms with E-state index in [9.17, 15) is 22.4 Å². The molecule has 3 aromatic rings. The molecule has 1 aliphatic rings. The molecule has 1 aromatic carbocycles. The molecule has 1 N–H and O–H groups in total. The molecular weight excluding hydrogens is 378 g/mol. The Morgan fingerprint density at radius 2 is 2.04 bits per heavy atom. The van der Waals surface area contributed by atoms with Gasteiger partial charge in [-0.3, -0.25) is 9.48 Å². The summed E-state index contributed by atoms with van der Waals surface area (Å²) >= 11 is 0. The lowest BCUT2D eigenvalue weighted by molar-refractivity contribution is -0.137. The lowest BCUT2D eigenvalue weighted by atomic mass is 10.1. The summed E-state index contributed by atoms with van der Waals surface area (Å²) < 4.78 is 56.0. The van der Waals surface area contributed by atoms with Gasteiger partial charge in [0.2, 0.25) is 0 Å². The number of hydrogen-bond donors (Lipinski definition) is 1. The second-order valence-corrected chi connectivity index (χ2v) is 6.65. The van der Waals surface area contributed by atoms with Crippen molar-refractivity contribution in [2.45, 2.75) is 32.2 Å². The van der Waals surface area contributed by atoms with Gasteiger partial charge in [0.15, 0.2) is 5.69 Å². The van der Waals surface area contributed by atoms with E-state index in [-0.39, 0.29) is 30.0 Å². The number of nitrogens with zero attached hydrogens (tertiary/aromatic N) is 4. The van der Waals surface area contributed by atoms with Crippen molar-refractivity contribution in [3.63, 3.8) is 0 Å². The number of fused-ring (bicyclic) bond motifs is 1. The fourth-order valence-electron chi connectivity index (χ4n) is 3.12. The molecular formula is C18H15F4N5O. The standard InChI is InChI=1S/C18H15F4N5O/c1-10-7-26(9-23-10)14-3-11(18(20,21)22)2-13(5-14)24-17(28)16-6-15-4-12(19)8-27(15)25-16/h2-3,5-7,9,12H,4,8H2,1H3,(H,24,28). The Morgan fingerprint density at radius 1 is 1.25 bits per heavy atom. The number of rotatable bonds is 3. The molecule has 0 radical (unpaired) electrons. The Bertz CT molecular complexity index is 1030. The molecule has 146 valence electrons. The summed E-state index contributed by atoms with van der Waals surface area (Å²) in [6, 6.07) is 4.69. The molecule has 0 bridgehead atoms. The summed E-state index contributed by atoms with van der Waals surface area (Å²) in [5, 5.41) is 6.46. The molecule has 28 heavy (non-hydrogen) atoms. The molecule has 0 aliphatic carbocycles. The summed E-state index contributed by atoms with van der Waals surface area (Å²) in [5.74, 6) is -0.663. The zero-order valence-electron chi connectivity index (χ0n) is 14.7. The number of anilines is 1. The van der Waals surface area contributed by atoms with Gasteiger partial charge in [-0.2, -0.15) is 18.3 Å². The number of nitrogens with one attached hydrogen (secondary N) is 1. The number of hydrogen-bond acceptors (Lipinski definition) is 3. The Balaban J connectivity index is 1.65. The third kappa shape index (κ3) is 3.49. The molecule has 0 saturated heterocycles. The quantitative estimate of drug-likeness (QED) is 0.693. The van der Waals surface area contributed by atoms with Gasteiger partial charge in [0, 0.05) is 29.7 Å². The summed E-state index contributed by atoms with van der Waals surface area (Å²) in [6.45, 7) is 1.78. The van der Waals surface area contributed by atoms with E-state index in [1.165, 1.54) is 27.7 Å². The first kappa shape index (κ1) is 18.2. The average molecular weight is 393 g/mol. The highest BCUT2D eigenvalue weighted by molar-refractivity contribution is 6.03. The minimum atomic E-state index is -4.59. The van der Waals surface area contributed by atoms with Gasteiger partial charge in [0.05, 0.1) is 24.1 Å². The number of benzene rings is 1. The molecule has 1 atom stereocenters. The number of carbonyl (C=O) groups excluding carboxylic acids is 1. The van der Waals surface area contributed by atoms with Gasteiger partial charge in [0.1, 0.15) is 6.17 Å². The van der Waals surface area contributed by atoms with Crippen LogP contribution in [0.15, 0.2) is 36.8 Å². The number of carbonyl (C=O) groups is 1. The number of aromatic nitrogens is 4. The summed E-state index contributed by atoms with van der Waals surface area (Å²) in [6.07, 6.45) is -2.49. The van der Waals surface area contributed by atoms with Crippen molar-refractivity contribution >= 4 is 11.6 Å². The predicted octanol–water partition coefficient (Wildman–Crippen LogP) is 3.54. The summed E-state index contributed by atoms with van der Waals surface area (Å²) in [5.41, 5.74) is 0.521. The highest BCUT2D eigenvalue weighted by atomic mass is 19.4. The SMILES string of the molecule is Cc1cn(-c2cc(NC(=O)c3cc4n(n3)CC(F)C4)cc(C(F)(F)F)c2)cn1. The van der Waals surface area contributed by atoms with Crippen molar-refractivity contribution in [1.82, 2.24) is 19.3 Å². The minimum Gasteiger partial charge on any atom is -0.321 e. The number of aryl methyl sites for hydroxylation is 1. The largest absolute Gasteiger partial charge is 0.416 e. The molecule has 0 saturated carbocycles. The topological polar surface area (TPSA) is 64.7 Å².